The van der Waals surface area contributed by atoms with Crippen molar-refractivity contribution in [1.82, 2.24) is 0 Å². The minimum absolute atomic E-state index is 0.539. The summed E-state index contributed by atoms with van der Waals surface area (Å²) in [6, 6.07) is 19.1. The first kappa shape index (κ1) is 20.0. The first-order valence-corrected chi connectivity index (χ1v) is 10.5. The summed E-state index contributed by atoms with van der Waals surface area (Å²) in [5, 5.41) is 3.51. The molecule has 3 aromatic carbocycles. The average molecular weight is 489 g/mol. The van der Waals surface area contributed by atoms with E-state index in [0.717, 1.165) is 32.5 Å². The Labute approximate surface area is 178 Å². The van der Waals surface area contributed by atoms with Crippen molar-refractivity contribution in [3.05, 3.63) is 91.4 Å². The van der Waals surface area contributed by atoms with Crippen LogP contribution in [0, 0.1) is 20.8 Å². The molecule has 0 heterocycles. The molecular formula is C23H23Br2NO. The lowest BCUT2D eigenvalue weighted by molar-refractivity contribution is 0.302. The minimum Gasteiger partial charge on any atom is -0.487 e. The highest BCUT2D eigenvalue weighted by molar-refractivity contribution is 9.11. The average Bonchev–Trinajstić information content (AvgIpc) is 2.62. The Kier molecular flexibility index (Phi) is 6.61. The van der Waals surface area contributed by atoms with Gasteiger partial charge in [0.1, 0.15) is 12.4 Å². The second-order valence-electron chi connectivity index (χ2n) is 6.83. The number of benzene rings is 3. The maximum absolute atomic E-state index is 6.03. The Morgan fingerprint density at radius 2 is 1.41 bits per heavy atom. The quantitative estimate of drug-likeness (QED) is 0.392. The molecule has 4 heteroatoms. The lowest BCUT2D eigenvalue weighted by atomic mass is 10.1. The zero-order valence-corrected chi connectivity index (χ0v) is 18.9. The fourth-order valence-corrected chi connectivity index (χ4v) is 4.41. The van der Waals surface area contributed by atoms with Crippen LogP contribution in [0.2, 0.25) is 0 Å². The monoisotopic (exact) mass is 487 g/mol. The molecule has 0 saturated heterocycles. The van der Waals surface area contributed by atoms with Gasteiger partial charge in [-0.05, 0) is 87.5 Å². The molecule has 0 radical (unpaired) electrons. The van der Waals surface area contributed by atoms with Crippen LogP contribution in [0.1, 0.15) is 27.8 Å². The number of anilines is 1. The van der Waals surface area contributed by atoms with E-state index < -0.39 is 0 Å². The summed E-state index contributed by atoms with van der Waals surface area (Å²) in [5.74, 6) is 0.825. The molecule has 0 aliphatic carbocycles. The van der Waals surface area contributed by atoms with Crippen molar-refractivity contribution < 1.29 is 4.74 Å². The predicted molar refractivity (Wildman–Crippen MR) is 121 cm³/mol. The van der Waals surface area contributed by atoms with Crippen molar-refractivity contribution in [2.75, 3.05) is 5.32 Å². The smallest absolute Gasteiger partial charge is 0.148 e. The Bertz CT molecular complexity index is 913. The lowest BCUT2D eigenvalue weighted by Gasteiger charge is -2.14. The van der Waals surface area contributed by atoms with Crippen molar-refractivity contribution in [2.45, 2.75) is 33.9 Å². The van der Waals surface area contributed by atoms with Gasteiger partial charge in [0.25, 0.3) is 0 Å². The molecule has 3 rings (SSSR count). The molecule has 0 aliphatic rings. The summed E-state index contributed by atoms with van der Waals surface area (Å²) in [7, 11) is 0. The maximum Gasteiger partial charge on any atom is 0.148 e. The predicted octanol–water partition coefficient (Wildman–Crippen LogP) is 7.33. The van der Waals surface area contributed by atoms with Crippen molar-refractivity contribution in [3.63, 3.8) is 0 Å². The molecule has 0 fully saturated rings. The third-order valence-corrected chi connectivity index (χ3v) is 5.60. The van der Waals surface area contributed by atoms with Gasteiger partial charge in [0.05, 0.1) is 8.95 Å². The van der Waals surface area contributed by atoms with Crippen LogP contribution in [-0.2, 0) is 13.2 Å². The number of rotatable bonds is 6. The summed E-state index contributed by atoms with van der Waals surface area (Å²) in [6.45, 7) is 7.61. The second-order valence-corrected chi connectivity index (χ2v) is 8.54. The molecule has 0 atom stereocenters. The summed E-state index contributed by atoms with van der Waals surface area (Å²) in [6.07, 6.45) is 0. The van der Waals surface area contributed by atoms with Gasteiger partial charge in [0, 0.05) is 12.2 Å². The number of ether oxygens (including phenoxy) is 1. The van der Waals surface area contributed by atoms with Gasteiger partial charge in [0.15, 0.2) is 0 Å². The normalized spacial score (nSPS) is 10.7. The minimum atomic E-state index is 0.539. The number of halogens is 2. The molecule has 1 N–H and O–H groups in total. The zero-order valence-electron chi connectivity index (χ0n) is 15.8. The zero-order chi connectivity index (χ0) is 19.4. The SMILES string of the molecule is Cc1ccc(COc2c(Br)cc(CNc3ccc(C)cc3C)cc2Br)cc1. The Hall–Kier alpha value is -1.78. The fraction of sp³-hybridized carbons (Fsp3) is 0.217. The van der Waals surface area contributed by atoms with E-state index in [2.05, 4.69) is 113 Å². The second kappa shape index (κ2) is 8.94. The Balaban J connectivity index is 1.67. The van der Waals surface area contributed by atoms with Crippen LogP contribution in [-0.4, -0.2) is 0 Å². The van der Waals surface area contributed by atoms with Gasteiger partial charge in [-0.1, -0.05) is 47.5 Å². The van der Waals surface area contributed by atoms with Crippen LogP contribution in [0.15, 0.2) is 63.5 Å². The third kappa shape index (κ3) is 5.36. The Morgan fingerprint density at radius 1 is 0.778 bits per heavy atom. The summed E-state index contributed by atoms with van der Waals surface area (Å²) >= 11 is 7.30. The molecule has 0 saturated carbocycles. The van der Waals surface area contributed by atoms with E-state index in [9.17, 15) is 0 Å². The lowest BCUT2D eigenvalue weighted by Crippen LogP contribution is -2.03. The first-order chi connectivity index (χ1) is 12.9. The molecule has 0 amide bonds. The van der Waals surface area contributed by atoms with E-state index in [1.165, 1.54) is 22.3 Å². The van der Waals surface area contributed by atoms with Crippen LogP contribution in [0.4, 0.5) is 5.69 Å². The highest BCUT2D eigenvalue weighted by Gasteiger charge is 2.10. The third-order valence-electron chi connectivity index (χ3n) is 4.43. The Morgan fingerprint density at radius 3 is 2.04 bits per heavy atom. The highest BCUT2D eigenvalue weighted by Crippen LogP contribution is 2.35. The number of nitrogens with one attached hydrogen (secondary N) is 1. The molecule has 2 nitrogen and oxygen atoms in total. The van der Waals surface area contributed by atoms with Crippen LogP contribution in [0.3, 0.4) is 0 Å². The molecule has 0 bridgehead atoms. The molecule has 0 aliphatic heterocycles. The van der Waals surface area contributed by atoms with Crippen LogP contribution in [0.5, 0.6) is 5.75 Å². The van der Waals surface area contributed by atoms with Gasteiger partial charge < -0.3 is 10.1 Å². The van der Waals surface area contributed by atoms with Crippen LogP contribution < -0.4 is 10.1 Å². The standard InChI is InChI=1S/C23H23Br2NO/c1-15-4-7-18(8-5-15)14-27-23-20(24)11-19(12-21(23)25)13-26-22-9-6-16(2)10-17(22)3/h4-12,26H,13-14H2,1-3H3. The van der Waals surface area contributed by atoms with Crippen molar-refractivity contribution in [2.24, 2.45) is 0 Å². The van der Waals surface area contributed by atoms with E-state index in [1.807, 2.05) is 0 Å². The fourth-order valence-electron chi connectivity index (χ4n) is 2.90. The van der Waals surface area contributed by atoms with E-state index in [4.69, 9.17) is 4.74 Å². The molecule has 140 valence electrons. The number of hydrogen-bond donors (Lipinski definition) is 1. The van der Waals surface area contributed by atoms with Crippen molar-refractivity contribution in [1.29, 1.82) is 0 Å². The molecule has 27 heavy (non-hydrogen) atoms. The van der Waals surface area contributed by atoms with E-state index in [-0.39, 0.29) is 0 Å². The van der Waals surface area contributed by atoms with Gasteiger partial charge in [-0.15, -0.1) is 0 Å². The van der Waals surface area contributed by atoms with Gasteiger partial charge in [0.2, 0.25) is 0 Å². The van der Waals surface area contributed by atoms with Gasteiger partial charge in [-0.3, -0.25) is 0 Å². The summed E-state index contributed by atoms with van der Waals surface area (Å²) in [5.41, 5.74) is 7.27. The van der Waals surface area contributed by atoms with E-state index in [0.29, 0.717) is 6.61 Å². The summed E-state index contributed by atoms with van der Waals surface area (Å²) < 4.78 is 7.92. The maximum atomic E-state index is 6.03. The van der Waals surface area contributed by atoms with Crippen molar-refractivity contribution in [3.8, 4) is 5.75 Å². The van der Waals surface area contributed by atoms with Crippen LogP contribution >= 0.6 is 31.9 Å². The van der Waals surface area contributed by atoms with Gasteiger partial charge in [-0.2, -0.15) is 0 Å². The molecular weight excluding hydrogens is 466 g/mol. The molecule has 3 aromatic rings. The molecule has 0 spiro atoms. The van der Waals surface area contributed by atoms with E-state index >= 15 is 0 Å². The number of hydrogen-bond acceptors (Lipinski definition) is 2. The van der Waals surface area contributed by atoms with Crippen LogP contribution in [0.25, 0.3) is 0 Å². The van der Waals surface area contributed by atoms with Crippen molar-refractivity contribution >= 4 is 37.5 Å². The molecule has 0 unspecified atom stereocenters. The molecule has 0 aromatic heterocycles. The highest BCUT2D eigenvalue weighted by atomic mass is 79.9. The first-order valence-electron chi connectivity index (χ1n) is 8.90. The van der Waals surface area contributed by atoms with E-state index in [1.54, 1.807) is 0 Å². The van der Waals surface area contributed by atoms with Gasteiger partial charge in [-0.25, -0.2) is 0 Å². The largest absolute Gasteiger partial charge is 0.487 e. The number of aryl methyl sites for hydroxylation is 3. The topological polar surface area (TPSA) is 21.3 Å². The van der Waals surface area contributed by atoms with Gasteiger partial charge >= 0.3 is 0 Å². The summed E-state index contributed by atoms with van der Waals surface area (Å²) in [4.78, 5) is 0.